The van der Waals surface area contributed by atoms with Gasteiger partial charge in [-0.05, 0) is 30.7 Å². The van der Waals surface area contributed by atoms with E-state index in [0.29, 0.717) is 12.5 Å². The number of ether oxygens (including phenoxy) is 1. The Morgan fingerprint density at radius 1 is 1.33 bits per heavy atom. The molecule has 1 heterocycles. The lowest BCUT2D eigenvalue weighted by molar-refractivity contribution is 0.0579. The van der Waals surface area contributed by atoms with E-state index in [1.165, 1.54) is 18.4 Å². The molecule has 0 N–H and O–H groups in total. The van der Waals surface area contributed by atoms with Crippen LogP contribution in [0.5, 0.6) is 0 Å². The summed E-state index contributed by atoms with van der Waals surface area (Å²) >= 11 is 0. The number of unbranched alkanes of at least 4 members (excludes halogenated alkanes) is 1. The molecule has 2 heteroatoms. The van der Waals surface area contributed by atoms with Crippen molar-refractivity contribution in [2.24, 2.45) is 5.92 Å². The topological polar surface area (TPSA) is 26.3 Å². The molecule has 0 spiro atoms. The molecule has 0 amide bonds. The van der Waals surface area contributed by atoms with E-state index in [4.69, 9.17) is 4.74 Å². The van der Waals surface area contributed by atoms with Gasteiger partial charge in [-0.3, -0.25) is 4.79 Å². The minimum atomic E-state index is -0.230. The van der Waals surface area contributed by atoms with Crippen LogP contribution in [0.25, 0.3) is 0 Å². The van der Waals surface area contributed by atoms with E-state index >= 15 is 0 Å². The van der Waals surface area contributed by atoms with Gasteiger partial charge >= 0.3 is 0 Å². The summed E-state index contributed by atoms with van der Waals surface area (Å²) < 4.78 is 5.53. The molecule has 0 aromatic heterocycles. The Bertz CT molecular complexity index is 394. The highest BCUT2D eigenvalue weighted by Crippen LogP contribution is 2.23. The first-order valence-electron chi connectivity index (χ1n) is 6.97. The van der Waals surface area contributed by atoms with Crippen LogP contribution in [0.2, 0.25) is 0 Å². The van der Waals surface area contributed by atoms with Crippen molar-refractivity contribution in [2.45, 2.75) is 45.6 Å². The summed E-state index contributed by atoms with van der Waals surface area (Å²) in [6.07, 6.45) is 4.27. The molecule has 2 nitrogen and oxygen atoms in total. The number of carbonyl (C=O) groups is 1. The van der Waals surface area contributed by atoms with Gasteiger partial charge in [0.05, 0.1) is 0 Å². The zero-order valence-corrected chi connectivity index (χ0v) is 11.3. The molecule has 1 aliphatic rings. The molecule has 1 aromatic carbocycles. The van der Waals surface area contributed by atoms with Gasteiger partial charge in [0.2, 0.25) is 0 Å². The van der Waals surface area contributed by atoms with Gasteiger partial charge in [0, 0.05) is 12.2 Å². The van der Waals surface area contributed by atoms with Crippen LogP contribution in [0.3, 0.4) is 0 Å². The van der Waals surface area contributed by atoms with E-state index in [1.807, 2.05) is 12.1 Å². The Labute approximate surface area is 109 Å². The Morgan fingerprint density at radius 3 is 2.61 bits per heavy atom. The molecule has 0 saturated carbocycles. The lowest BCUT2D eigenvalue weighted by atomic mass is 9.95. The minimum absolute atomic E-state index is 0.141. The summed E-state index contributed by atoms with van der Waals surface area (Å²) in [6, 6.07) is 8.04. The van der Waals surface area contributed by atoms with Crippen LogP contribution in [-0.2, 0) is 11.2 Å². The Morgan fingerprint density at radius 2 is 2.06 bits per heavy atom. The molecule has 0 bridgehead atoms. The smallest absolute Gasteiger partial charge is 0.191 e. The highest BCUT2D eigenvalue weighted by molar-refractivity contribution is 5.99. The molecular formula is C16H22O2. The predicted octanol–water partition coefficient (Wildman–Crippen LogP) is 3.64. The third kappa shape index (κ3) is 2.99. The normalized spacial score (nSPS) is 23.2. The summed E-state index contributed by atoms with van der Waals surface area (Å²) in [5, 5.41) is 0. The second-order valence-electron chi connectivity index (χ2n) is 5.22. The van der Waals surface area contributed by atoms with E-state index < -0.39 is 0 Å². The van der Waals surface area contributed by atoms with Crippen LogP contribution in [0, 0.1) is 5.92 Å². The highest BCUT2D eigenvalue weighted by Gasteiger charge is 2.31. The summed E-state index contributed by atoms with van der Waals surface area (Å²) in [5.74, 6) is 0.485. The Balaban J connectivity index is 2.02. The molecular weight excluding hydrogens is 224 g/mol. The van der Waals surface area contributed by atoms with Gasteiger partial charge in [0.1, 0.15) is 6.10 Å². The summed E-state index contributed by atoms with van der Waals surface area (Å²) in [7, 11) is 0. The second kappa shape index (κ2) is 6.14. The van der Waals surface area contributed by atoms with Crippen molar-refractivity contribution in [1.82, 2.24) is 0 Å². The van der Waals surface area contributed by atoms with Crippen molar-refractivity contribution in [3.05, 3.63) is 35.4 Å². The van der Waals surface area contributed by atoms with Crippen LogP contribution in [0.4, 0.5) is 0 Å². The molecule has 1 fully saturated rings. The van der Waals surface area contributed by atoms with Crippen LogP contribution < -0.4 is 0 Å². The highest BCUT2D eigenvalue weighted by atomic mass is 16.5. The fraction of sp³-hybridized carbons (Fsp3) is 0.562. The molecule has 2 unspecified atom stereocenters. The maximum absolute atomic E-state index is 12.3. The maximum atomic E-state index is 12.3. The first kappa shape index (κ1) is 13.3. The molecule has 0 aliphatic carbocycles. The largest absolute Gasteiger partial charge is 0.370 e. The van der Waals surface area contributed by atoms with Gasteiger partial charge in [0.25, 0.3) is 0 Å². The first-order chi connectivity index (χ1) is 8.72. The Kier molecular flexibility index (Phi) is 4.54. The lowest BCUT2D eigenvalue weighted by Crippen LogP contribution is -2.25. The molecule has 98 valence electrons. The van der Waals surface area contributed by atoms with E-state index in [9.17, 15) is 4.79 Å². The van der Waals surface area contributed by atoms with Crippen LogP contribution >= 0.6 is 0 Å². The van der Waals surface area contributed by atoms with Gasteiger partial charge in [-0.1, -0.05) is 44.5 Å². The number of aryl methyl sites for hydroxylation is 1. The average Bonchev–Trinajstić information content (AvgIpc) is 2.82. The first-order valence-corrected chi connectivity index (χ1v) is 6.97. The second-order valence-corrected chi connectivity index (χ2v) is 5.22. The zero-order valence-electron chi connectivity index (χ0n) is 11.3. The molecule has 1 aromatic rings. The maximum Gasteiger partial charge on any atom is 0.191 e. The average molecular weight is 246 g/mol. The third-order valence-corrected chi connectivity index (χ3v) is 3.70. The summed E-state index contributed by atoms with van der Waals surface area (Å²) in [4.78, 5) is 12.3. The van der Waals surface area contributed by atoms with E-state index in [-0.39, 0.29) is 11.9 Å². The van der Waals surface area contributed by atoms with Crippen molar-refractivity contribution < 1.29 is 9.53 Å². The number of hydrogen-bond donors (Lipinski definition) is 0. The minimum Gasteiger partial charge on any atom is -0.370 e. The van der Waals surface area contributed by atoms with Gasteiger partial charge in [0.15, 0.2) is 5.78 Å². The third-order valence-electron chi connectivity index (χ3n) is 3.70. The Hall–Kier alpha value is -1.15. The molecule has 18 heavy (non-hydrogen) atoms. The molecule has 1 aliphatic heterocycles. The van der Waals surface area contributed by atoms with Gasteiger partial charge in [-0.25, -0.2) is 0 Å². The number of ketones is 1. The zero-order chi connectivity index (χ0) is 13.0. The van der Waals surface area contributed by atoms with Crippen molar-refractivity contribution in [3.8, 4) is 0 Å². The van der Waals surface area contributed by atoms with Gasteiger partial charge in [-0.2, -0.15) is 0 Å². The number of rotatable bonds is 5. The number of Topliss-reactive ketones (excluding diaryl/α,β-unsaturated/α-hetero) is 1. The molecule has 2 rings (SSSR count). The molecule has 1 saturated heterocycles. The number of benzene rings is 1. The summed E-state index contributed by atoms with van der Waals surface area (Å²) in [5.41, 5.74) is 2.10. The standard InChI is InChI=1S/C16H22O2/c1-3-4-5-13-6-8-14(9-7-13)15(17)16-12(2)10-11-18-16/h6-9,12,16H,3-5,10-11H2,1-2H3. The van der Waals surface area contributed by atoms with E-state index in [2.05, 4.69) is 26.0 Å². The monoisotopic (exact) mass is 246 g/mol. The number of carbonyl (C=O) groups excluding carboxylic acids is 1. The summed E-state index contributed by atoms with van der Waals surface area (Å²) in [6.45, 7) is 4.99. The van der Waals surface area contributed by atoms with Crippen molar-refractivity contribution in [3.63, 3.8) is 0 Å². The number of hydrogen-bond acceptors (Lipinski definition) is 2. The van der Waals surface area contributed by atoms with Crippen molar-refractivity contribution in [2.75, 3.05) is 6.61 Å². The van der Waals surface area contributed by atoms with Crippen LogP contribution in [0.1, 0.15) is 49.0 Å². The molecule has 0 radical (unpaired) electrons. The van der Waals surface area contributed by atoms with Crippen LogP contribution in [-0.4, -0.2) is 18.5 Å². The van der Waals surface area contributed by atoms with E-state index in [0.717, 1.165) is 18.4 Å². The van der Waals surface area contributed by atoms with Crippen molar-refractivity contribution >= 4 is 5.78 Å². The van der Waals surface area contributed by atoms with Gasteiger partial charge < -0.3 is 4.74 Å². The SMILES string of the molecule is CCCCc1ccc(C(=O)C2OCCC2C)cc1. The van der Waals surface area contributed by atoms with E-state index in [1.54, 1.807) is 0 Å². The van der Waals surface area contributed by atoms with Gasteiger partial charge in [-0.15, -0.1) is 0 Å². The fourth-order valence-corrected chi connectivity index (χ4v) is 2.41. The molecule has 2 atom stereocenters. The van der Waals surface area contributed by atoms with Crippen molar-refractivity contribution in [1.29, 1.82) is 0 Å². The van der Waals surface area contributed by atoms with Crippen LogP contribution in [0.15, 0.2) is 24.3 Å². The predicted molar refractivity (Wildman–Crippen MR) is 72.9 cm³/mol. The lowest BCUT2D eigenvalue weighted by Gasteiger charge is -2.13. The fourth-order valence-electron chi connectivity index (χ4n) is 2.41. The quantitative estimate of drug-likeness (QED) is 0.741.